The minimum absolute atomic E-state index is 0.140. The molecule has 0 saturated carbocycles. The van der Waals surface area contributed by atoms with Crippen molar-refractivity contribution in [3.05, 3.63) is 71.2 Å². The van der Waals surface area contributed by atoms with Crippen molar-refractivity contribution in [2.75, 3.05) is 34.4 Å². The van der Waals surface area contributed by atoms with E-state index in [9.17, 15) is 24.4 Å². The number of hydrogen-bond acceptors (Lipinski definition) is 10. The molecular formula is C41H47N9O7. The Hall–Kier alpha value is -6.39. The number of methoxy groups -OCH3 is 3. The van der Waals surface area contributed by atoms with Gasteiger partial charge in [0.1, 0.15) is 35.5 Å². The first-order valence-corrected chi connectivity index (χ1v) is 18.9. The minimum Gasteiger partial charge on any atom is -0.453 e. The van der Waals surface area contributed by atoms with Gasteiger partial charge in [-0.2, -0.15) is 5.26 Å². The van der Waals surface area contributed by atoms with Crippen molar-refractivity contribution < 1.29 is 33.4 Å². The molecule has 5 atom stereocenters. The smallest absolute Gasteiger partial charge is 0.407 e. The molecule has 57 heavy (non-hydrogen) atoms. The first-order chi connectivity index (χ1) is 27.5. The summed E-state index contributed by atoms with van der Waals surface area (Å²) in [6.07, 6.45) is 2.70. The molecule has 0 radical (unpaired) electrons. The summed E-state index contributed by atoms with van der Waals surface area (Å²) in [6.45, 7) is 6.44. The van der Waals surface area contributed by atoms with E-state index in [1.165, 1.54) is 21.3 Å². The molecule has 6 rings (SSSR count). The Bertz CT molecular complexity index is 2250. The van der Waals surface area contributed by atoms with Gasteiger partial charge < -0.3 is 44.6 Å². The van der Waals surface area contributed by atoms with E-state index in [2.05, 4.69) is 48.5 Å². The van der Waals surface area contributed by atoms with Gasteiger partial charge in [0.25, 0.3) is 0 Å². The number of carbonyl (C=O) groups excluding carboxylic acids is 4. The minimum atomic E-state index is -0.917. The molecule has 0 bridgehead atoms. The number of H-pyrrole nitrogens is 2. The molecule has 4 heterocycles. The van der Waals surface area contributed by atoms with Gasteiger partial charge in [-0.1, -0.05) is 38.0 Å². The predicted octanol–water partition coefficient (Wildman–Crippen LogP) is 4.69. The second-order valence-corrected chi connectivity index (χ2v) is 14.5. The Balaban J connectivity index is 1.17. The molecule has 5 unspecified atom stereocenters. The maximum atomic E-state index is 13.6. The van der Waals surface area contributed by atoms with Crippen LogP contribution in [0.15, 0.2) is 42.6 Å². The van der Waals surface area contributed by atoms with E-state index in [1.807, 2.05) is 50.2 Å². The van der Waals surface area contributed by atoms with Gasteiger partial charge in [-0.25, -0.2) is 19.6 Å². The molecule has 2 aromatic heterocycles. The zero-order valence-corrected chi connectivity index (χ0v) is 32.8. The van der Waals surface area contributed by atoms with Gasteiger partial charge >= 0.3 is 12.2 Å². The van der Waals surface area contributed by atoms with Crippen molar-refractivity contribution in [3.8, 4) is 29.2 Å². The summed E-state index contributed by atoms with van der Waals surface area (Å²) >= 11 is 0. The van der Waals surface area contributed by atoms with Gasteiger partial charge in [0.15, 0.2) is 5.69 Å². The van der Waals surface area contributed by atoms with Gasteiger partial charge in [-0.3, -0.25) is 9.59 Å². The van der Waals surface area contributed by atoms with Crippen LogP contribution in [0.3, 0.4) is 0 Å². The van der Waals surface area contributed by atoms with E-state index in [1.54, 1.807) is 22.9 Å². The summed E-state index contributed by atoms with van der Waals surface area (Å²) in [5, 5.41) is 17.1. The molecule has 4 N–H and O–H groups in total. The molecule has 298 valence electrons. The Morgan fingerprint density at radius 2 is 1.44 bits per heavy atom. The summed E-state index contributed by atoms with van der Waals surface area (Å²) < 4.78 is 14.9. The molecular weight excluding hydrogens is 731 g/mol. The van der Waals surface area contributed by atoms with Crippen LogP contribution in [0.4, 0.5) is 9.59 Å². The normalized spacial score (nSPS) is 18.0. The molecule has 4 aromatic rings. The fourth-order valence-electron chi connectivity index (χ4n) is 7.39. The van der Waals surface area contributed by atoms with Gasteiger partial charge in [-0.15, -0.1) is 0 Å². The maximum Gasteiger partial charge on any atom is 0.407 e. The van der Waals surface area contributed by atoms with Crippen LogP contribution < -0.4 is 10.6 Å². The number of aromatic nitrogens is 4. The number of alkyl carbamates (subject to hydrolysis) is 2. The standard InChI is InChI=1S/C41H47N9O7/c1-23(2)34(47-40(53)56-5)38(51)50-18-8-10-33(50)37-44-29(30(21-42)45-37)16-12-25-11-13-27-20-28(15-14-26(27)19-25)31-22-43-36(46-31)32-9-7-17-49(32)39(52)35(24(3)55-4)48-41(54)57-6/h11,13-15,19-20,22-24,32-35H,7-10,17-18H2,1-6H3,(H,43,46)(H,44,45)(H,47,53)(H,48,54). The van der Waals surface area contributed by atoms with Crippen LogP contribution in [0.5, 0.6) is 0 Å². The molecule has 16 heteroatoms. The molecule has 0 spiro atoms. The number of rotatable bonds is 10. The Morgan fingerprint density at radius 3 is 2.07 bits per heavy atom. The Kier molecular flexibility index (Phi) is 12.4. The van der Waals surface area contributed by atoms with Gasteiger partial charge in [-0.05, 0) is 73.4 Å². The number of nitrogens with one attached hydrogen (secondary N) is 4. The van der Waals surface area contributed by atoms with Crippen LogP contribution in [-0.2, 0) is 23.8 Å². The second-order valence-electron chi connectivity index (χ2n) is 14.5. The zero-order chi connectivity index (χ0) is 40.8. The van der Waals surface area contributed by atoms with E-state index in [-0.39, 0.29) is 29.5 Å². The Morgan fingerprint density at radius 1 is 0.825 bits per heavy atom. The third kappa shape index (κ3) is 8.71. The van der Waals surface area contributed by atoms with Crippen molar-refractivity contribution >= 4 is 34.8 Å². The molecule has 16 nitrogen and oxygen atoms in total. The molecule has 2 saturated heterocycles. The molecule has 0 aliphatic carbocycles. The molecule has 2 fully saturated rings. The summed E-state index contributed by atoms with van der Waals surface area (Å²) in [5.41, 5.74) is 2.95. The van der Waals surface area contributed by atoms with Crippen LogP contribution in [0.2, 0.25) is 0 Å². The fourth-order valence-corrected chi connectivity index (χ4v) is 7.39. The number of nitriles is 1. The van der Waals surface area contributed by atoms with E-state index in [0.29, 0.717) is 36.9 Å². The first-order valence-electron chi connectivity index (χ1n) is 18.9. The fraction of sp³-hybridized carbons (Fsp3) is 0.439. The number of likely N-dealkylation sites (tertiary alicyclic amines) is 2. The first kappa shape index (κ1) is 40.3. The monoisotopic (exact) mass is 777 g/mol. The molecule has 2 aromatic carbocycles. The SMILES string of the molecule is COC(=O)NC(C(=O)N1CCCC1c1nc(C#N)c(C#Cc2ccc3cc(-c4cnc(C5CCCN5C(=O)C(NC(=O)OC)C(C)OC)[nH]4)ccc3c2)[nH]1)C(C)C. The number of carbonyl (C=O) groups is 4. The second kappa shape index (κ2) is 17.6. The molecule has 4 amide bonds. The van der Waals surface area contributed by atoms with Crippen LogP contribution in [-0.4, -0.2) is 106 Å². The van der Waals surface area contributed by atoms with Crippen molar-refractivity contribution in [2.24, 2.45) is 5.92 Å². The number of amides is 4. The third-order valence-corrected chi connectivity index (χ3v) is 10.6. The number of nitrogens with zero attached hydrogens (tertiary/aromatic N) is 5. The van der Waals surface area contributed by atoms with Crippen LogP contribution in [0, 0.1) is 29.1 Å². The van der Waals surface area contributed by atoms with Crippen molar-refractivity contribution in [3.63, 3.8) is 0 Å². The number of benzene rings is 2. The van der Waals surface area contributed by atoms with Crippen molar-refractivity contribution in [2.45, 2.75) is 76.7 Å². The summed E-state index contributed by atoms with van der Waals surface area (Å²) in [4.78, 5) is 70.4. The average molecular weight is 778 g/mol. The van der Waals surface area contributed by atoms with E-state index < -0.39 is 36.4 Å². The highest BCUT2D eigenvalue weighted by Crippen LogP contribution is 2.34. The number of ether oxygens (including phenoxy) is 3. The summed E-state index contributed by atoms with van der Waals surface area (Å²) in [5.74, 6) is 6.68. The number of aromatic amines is 2. The maximum absolute atomic E-state index is 13.6. The highest BCUT2D eigenvalue weighted by atomic mass is 16.5. The van der Waals surface area contributed by atoms with Gasteiger partial charge in [0.05, 0.1) is 44.3 Å². The Labute approximate surface area is 330 Å². The number of imidazole rings is 2. The topological polar surface area (TPSA) is 208 Å². The van der Waals surface area contributed by atoms with Gasteiger partial charge in [0, 0.05) is 31.3 Å². The highest BCUT2D eigenvalue weighted by molar-refractivity contribution is 5.89. The van der Waals surface area contributed by atoms with Crippen LogP contribution in [0.1, 0.15) is 87.1 Å². The van der Waals surface area contributed by atoms with Crippen molar-refractivity contribution in [1.82, 2.24) is 40.4 Å². The molecule has 2 aliphatic heterocycles. The zero-order valence-electron chi connectivity index (χ0n) is 32.8. The van der Waals surface area contributed by atoms with Gasteiger partial charge in [0.2, 0.25) is 11.8 Å². The van der Waals surface area contributed by atoms with Crippen LogP contribution in [0.25, 0.3) is 22.0 Å². The van der Waals surface area contributed by atoms with Crippen molar-refractivity contribution in [1.29, 1.82) is 5.26 Å². The van der Waals surface area contributed by atoms with E-state index in [0.717, 1.165) is 46.9 Å². The predicted molar refractivity (Wildman–Crippen MR) is 208 cm³/mol. The lowest BCUT2D eigenvalue weighted by Gasteiger charge is -2.30. The largest absolute Gasteiger partial charge is 0.453 e. The lowest BCUT2D eigenvalue weighted by molar-refractivity contribution is -0.137. The summed E-state index contributed by atoms with van der Waals surface area (Å²) in [6, 6.07) is 11.6. The lowest BCUT2D eigenvalue weighted by Crippen LogP contribution is -2.54. The lowest BCUT2D eigenvalue weighted by atomic mass is 10.0. The summed E-state index contributed by atoms with van der Waals surface area (Å²) in [7, 11) is 3.99. The van der Waals surface area contributed by atoms with E-state index >= 15 is 0 Å². The third-order valence-electron chi connectivity index (χ3n) is 10.6. The average Bonchev–Trinajstić information content (AvgIpc) is 4.06. The molecule has 2 aliphatic rings. The quantitative estimate of drug-likeness (QED) is 0.163. The highest BCUT2D eigenvalue weighted by Gasteiger charge is 2.40. The number of hydrogen-bond donors (Lipinski definition) is 4. The van der Waals surface area contributed by atoms with E-state index in [4.69, 9.17) is 14.2 Å². The van der Waals surface area contributed by atoms with Crippen LogP contribution >= 0.6 is 0 Å². The number of fused-ring (bicyclic) bond motifs is 1.